The molecule has 4 heteroatoms. The van der Waals surface area contributed by atoms with Crippen molar-refractivity contribution >= 4 is 10.9 Å². The molecule has 0 bridgehead atoms. The largest absolute Gasteiger partial charge is 0.390 e. The van der Waals surface area contributed by atoms with Crippen molar-refractivity contribution in [3.05, 3.63) is 42.1 Å². The number of nitrogens with zero attached hydrogens (tertiary/aromatic N) is 1. The van der Waals surface area contributed by atoms with E-state index in [2.05, 4.69) is 10.3 Å². The lowest BCUT2D eigenvalue weighted by molar-refractivity contribution is 0.0139. The fraction of sp³-hybridized carbons (Fsp3) is 0.357. The predicted molar refractivity (Wildman–Crippen MR) is 71.3 cm³/mol. The number of aliphatic hydroxyl groups excluding tert-OH is 2. The molecule has 3 N–H and O–H groups in total. The van der Waals surface area contributed by atoms with Crippen molar-refractivity contribution in [2.24, 2.45) is 0 Å². The van der Waals surface area contributed by atoms with Crippen molar-refractivity contribution in [2.75, 3.05) is 13.6 Å². The Balaban J connectivity index is 2.19. The lowest BCUT2D eigenvalue weighted by Crippen LogP contribution is -2.23. The van der Waals surface area contributed by atoms with Crippen LogP contribution in [0.5, 0.6) is 0 Å². The topological polar surface area (TPSA) is 65.4 Å². The molecule has 2 unspecified atom stereocenters. The third kappa shape index (κ3) is 2.85. The normalized spacial score (nSPS) is 14.6. The zero-order chi connectivity index (χ0) is 13.0. The van der Waals surface area contributed by atoms with Gasteiger partial charge in [-0.05, 0) is 32.1 Å². The van der Waals surface area contributed by atoms with Gasteiger partial charge in [-0.3, -0.25) is 4.98 Å². The summed E-state index contributed by atoms with van der Waals surface area (Å²) in [4.78, 5) is 4.28. The van der Waals surface area contributed by atoms with Crippen LogP contribution in [0, 0.1) is 0 Å². The standard InChI is InChI=1S/C14H18N2O2/c1-15-7-6-13(17)14(18)11-8-10-4-2-3-5-12(10)16-9-11/h2-5,8-9,13-15,17-18H,6-7H2,1H3. The molecule has 4 nitrogen and oxygen atoms in total. The van der Waals surface area contributed by atoms with E-state index in [1.165, 1.54) is 0 Å². The Labute approximate surface area is 106 Å². The van der Waals surface area contributed by atoms with Crippen molar-refractivity contribution < 1.29 is 10.2 Å². The summed E-state index contributed by atoms with van der Waals surface area (Å²) in [6.07, 6.45) is 0.455. The van der Waals surface area contributed by atoms with Crippen LogP contribution in [0.4, 0.5) is 0 Å². The van der Waals surface area contributed by atoms with Crippen molar-refractivity contribution in [1.29, 1.82) is 0 Å². The molecule has 0 saturated carbocycles. The van der Waals surface area contributed by atoms with Gasteiger partial charge in [0.1, 0.15) is 6.10 Å². The molecule has 0 aliphatic rings. The van der Waals surface area contributed by atoms with E-state index in [1.54, 1.807) is 6.20 Å². The molecule has 0 saturated heterocycles. The molecular weight excluding hydrogens is 228 g/mol. The zero-order valence-corrected chi connectivity index (χ0v) is 10.4. The van der Waals surface area contributed by atoms with Crippen LogP contribution in [0.15, 0.2) is 36.5 Å². The van der Waals surface area contributed by atoms with Crippen LogP contribution in [0.25, 0.3) is 10.9 Å². The fourth-order valence-electron chi connectivity index (χ4n) is 1.92. The number of para-hydroxylation sites is 1. The van der Waals surface area contributed by atoms with E-state index in [1.807, 2.05) is 37.4 Å². The second kappa shape index (κ2) is 5.91. The summed E-state index contributed by atoms with van der Waals surface area (Å²) in [5.41, 5.74) is 1.54. The second-order valence-corrected chi connectivity index (χ2v) is 4.37. The quantitative estimate of drug-likeness (QED) is 0.742. The summed E-state index contributed by atoms with van der Waals surface area (Å²) >= 11 is 0. The zero-order valence-electron chi connectivity index (χ0n) is 10.4. The van der Waals surface area contributed by atoms with Crippen molar-refractivity contribution in [3.63, 3.8) is 0 Å². The first-order valence-corrected chi connectivity index (χ1v) is 6.08. The highest BCUT2D eigenvalue weighted by atomic mass is 16.3. The number of hydrogen-bond donors (Lipinski definition) is 3. The Morgan fingerprint density at radius 2 is 2.06 bits per heavy atom. The number of aromatic nitrogens is 1. The molecule has 18 heavy (non-hydrogen) atoms. The van der Waals surface area contributed by atoms with Crippen LogP contribution in [0.3, 0.4) is 0 Å². The van der Waals surface area contributed by atoms with Gasteiger partial charge in [-0.1, -0.05) is 18.2 Å². The summed E-state index contributed by atoms with van der Waals surface area (Å²) in [6.45, 7) is 0.666. The lowest BCUT2D eigenvalue weighted by Gasteiger charge is -2.18. The molecule has 0 amide bonds. The minimum absolute atomic E-state index is 0.504. The van der Waals surface area contributed by atoms with Gasteiger partial charge in [0.05, 0.1) is 11.6 Å². The third-order valence-corrected chi connectivity index (χ3v) is 3.01. The number of benzene rings is 1. The van der Waals surface area contributed by atoms with Crippen LogP contribution < -0.4 is 5.32 Å². The second-order valence-electron chi connectivity index (χ2n) is 4.37. The Hall–Kier alpha value is -1.49. The minimum Gasteiger partial charge on any atom is -0.390 e. The van der Waals surface area contributed by atoms with Gasteiger partial charge >= 0.3 is 0 Å². The lowest BCUT2D eigenvalue weighted by atomic mass is 10.0. The van der Waals surface area contributed by atoms with Crippen molar-refractivity contribution in [2.45, 2.75) is 18.6 Å². The van der Waals surface area contributed by atoms with E-state index in [-0.39, 0.29) is 0 Å². The van der Waals surface area contributed by atoms with E-state index in [0.717, 1.165) is 10.9 Å². The smallest absolute Gasteiger partial charge is 0.106 e. The number of fused-ring (bicyclic) bond motifs is 1. The summed E-state index contributed by atoms with van der Waals surface area (Å²) in [7, 11) is 1.82. The number of hydrogen-bond acceptors (Lipinski definition) is 4. The highest BCUT2D eigenvalue weighted by Crippen LogP contribution is 2.21. The molecule has 96 valence electrons. The first-order valence-electron chi connectivity index (χ1n) is 6.08. The Kier molecular flexibility index (Phi) is 4.25. The first-order chi connectivity index (χ1) is 8.72. The Morgan fingerprint density at radius 1 is 1.28 bits per heavy atom. The molecule has 2 aromatic rings. The molecule has 1 aromatic heterocycles. The van der Waals surface area contributed by atoms with Gasteiger partial charge in [0.2, 0.25) is 0 Å². The van der Waals surface area contributed by atoms with Gasteiger partial charge in [0, 0.05) is 17.1 Å². The molecule has 2 atom stereocenters. The van der Waals surface area contributed by atoms with E-state index in [9.17, 15) is 10.2 Å². The molecule has 0 radical (unpaired) electrons. The van der Waals surface area contributed by atoms with E-state index < -0.39 is 12.2 Å². The number of nitrogens with one attached hydrogen (secondary N) is 1. The molecule has 0 spiro atoms. The average Bonchev–Trinajstić information content (AvgIpc) is 2.43. The molecule has 0 aliphatic carbocycles. The monoisotopic (exact) mass is 246 g/mol. The molecule has 0 fully saturated rings. The van der Waals surface area contributed by atoms with Crippen LogP contribution in [-0.2, 0) is 0 Å². The number of pyridine rings is 1. The van der Waals surface area contributed by atoms with Gasteiger partial charge in [-0.25, -0.2) is 0 Å². The molecule has 1 heterocycles. The maximum Gasteiger partial charge on any atom is 0.106 e. The highest BCUT2D eigenvalue weighted by molar-refractivity contribution is 5.78. The summed E-state index contributed by atoms with van der Waals surface area (Å²) in [5, 5.41) is 23.8. The van der Waals surface area contributed by atoms with Crippen LogP contribution in [0.1, 0.15) is 18.1 Å². The van der Waals surface area contributed by atoms with Gasteiger partial charge in [-0.2, -0.15) is 0 Å². The maximum atomic E-state index is 10.1. The Morgan fingerprint density at radius 3 is 2.83 bits per heavy atom. The molecule has 1 aromatic carbocycles. The summed E-state index contributed by atoms with van der Waals surface area (Å²) in [6, 6.07) is 9.59. The minimum atomic E-state index is -0.893. The summed E-state index contributed by atoms with van der Waals surface area (Å²) in [5.74, 6) is 0. The average molecular weight is 246 g/mol. The molecule has 0 aliphatic heterocycles. The Bertz CT molecular complexity index is 516. The molecular formula is C14H18N2O2. The van der Waals surface area contributed by atoms with E-state index in [4.69, 9.17) is 0 Å². The van der Waals surface area contributed by atoms with E-state index >= 15 is 0 Å². The summed E-state index contributed by atoms with van der Waals surface area (Å²) < 4.78 is 0. The SMILES string of the molecule is CNCCC(O)C(O)c1cnc2ccccc2c1. The van der Waals surface area contributed by atoms with Gasteiger partial charge in [0.15, 0.2) is 0 Å². The fourth-order valence-corrected chi connectivity index (χ4v) is 1.92. The van der Waals surface area contributed by atoms with Gasteiger partial charge < -0.3 is 15.5 Å². The van der Waals surface area contributed by atoms with Crippen LogP contribution in [-0.4, -0.2) is 34.9 Å². The van der Waals surface area contributed by atoms with Crippen molar-refractivity contribution in [1.82, 2.24) is 10.3 Å². The third-order valence-electron chi connectivity index (χ3n) is 3.01. The first kappa shape index (κ1) is 13.0. The molecule has 2 rings (SSSR count). The van der Waals surface area contributed by atoms with Crippen LogP contribution >= 0.6 is 0 Å². The number of aliphatic hydroxyl groups is 2. The predicted octanol–water partition coefficient (Wildman–Crippen LogP) is 1.24. The van der Waals surface area contributed by atoms with E-state index in [0.29, 0.717) is 18.5 Å². The maximum absolute atomic E-state index is 10.1. The van der Waals surface area contributed by atoms with Crippen LogP contribution in [0.2, 0.25) is 0 Å². The van der Waals surface area contributed by atoms with Gasteiger partial charge in [-0.15, -0.1) is 0 Å². The van der Waals surface area contributed by atoms with Gasteiger partial charge in [0.25, 0.3) is 0 Å². The van der Waals surface area contributed by atoms with Crippen molar-refractivity contribution in [3.8, 4) is 0 Å². The number of rotatable bonds is 5. The highest BCUT2D eigenvalue weighted by Gasteiger charge is 2.18.